The van der Waals surface area contributed by atoms with Gasteiger partial charge in [0.1, 0.15) is 0 Å². The fraction of sp³-hybridized carbons (Fsp3) is 0.400. The third-order valence-corrected chi connectivity index (χ3v) is 3.62. The van der Waals surface area contributed by atoms with Gasteiger partial charge in [-0.05, 0) is 46.9 Å². The highest BCUT2D eigenvalue weighted by atomic mass is 32.1. The van der Waals surface area contributed by atoms with Gasteiger partial charge in [-0.1, -0.05) is 19.9 Å². The van der Waals surface area contributed by atoms with Gasteiger partial charge in [-0.15, -0.1) is 0 Å². The summed E-state index contributed by atoms with van der Waals surface area (Å²) in [5.74, 6) is 0.659. The molecule has 0 aliphatic heterocycles. The topological polar surface area (TPSA) is 24.9 Å². The van der Waals surface area contributed by atoms with Crippen LogP contribution in [0.1, 0.15) is 37.6 Å². The van der Waals surface area contributed by atoms with Crippen LogP contribution in [0, 0.1) is 5.92 Å². The summed E-state index contributed by atoms with van der Waals surface area (Å²) in [5, 5.41) is 7.93. The molecule has 2 heterocycles. The van der Waals surface area contributed by atoms with E-state index in [0.717, 1.165) is 18.7 Å². The lowest BCUT2D eigenvalue weighted by atomic mass is 10.0. The van der Waals surface area contributed by atoms with Crippen molar-refractivity contribution in [3.05, 3.63) is 52.5 Å². The van der Waals surface area contributed by atoms with E-state index in [1.165, 1.54) is 5.56 Å². The van der Waals surface area contributed by atoms with E-state index in [1.807, 2.05) is 12.3 Å². The Balaban J connectivity index is 2.01. The van der Waals surface area contributed by atoms with Crippen molar-refractivity contribution in [3.8, 4) is 0 Å². The summed E-state index contributed by atoms with van der Waals surface area (Å²) in [5.41, 5.74) is 2.49. The minimum atomic E-state index is 0.339. The normalized spacial score (nSPS) is 12.8. The van der Waals surface area contributed by atoms with E-state index in [0.29, 0.717) is 12.0 Å². The summed E-state index contributed by atoms with van der Waals surface area (Å²) in [4.78, 5) is 4.47. The van der Waals surface area contributed by atoms with Crippen LogP contribution in [0.25, 0.3) is 0 Å². The van der Waals surface area contributed by atoms with Crippen molar-refractivity contribution in [1.82, 2.24) is 10.3 Å². The van der Waals surface area contributed by atoms with Gasteiger partial charge in [0.25, 0.3) is 0 Å². The summed E-state index contributed by atoms with van der Waals surface area (Å²) in [6.45, 7) is 5.42. The Hall–Kier alpha value is -1.19. The summed E-state index contributed by atoms with van der Waals surface area (Å²) in [6.07, 6.45) is 2.98. The van der Waals surface area contributed by atoms with Crippen LogP contribution in [0.15, 0.2) is 41.2 Å². The highest BCUT2D eigenvalue weighted by molar-refractivity contribution is 7.07. The van der Waals surface area contributed by atoms with Crippen molar-refractivity contribution in [1.29, 1.82) is 0 Å². The van der Waals surface area contributed by atoms with E-state index >= 15 is 0 Å². The second kappa shape index (κ2) is 6.66. The van der Waals surface area contributed by atoms with Crippen LogP contribution >= 0.6 is 11.3 Å². The standard InChI is InChI=1S/C15H20N2S/c1-12(2)9-15(14-5-3-4-7-16-14)17-10-13-6-8-18-11-13/h3-8,11-12,15,17H,9-10H2,1-2H3/t15-/m0/s1. The van der Waals surface area contributed by atoms with Crippen molar-refractivity contribution in [2.24, 2.45) is 5.92 Å². The average Bonchev–Trinajstić information content (AvgIpc) is 2.88. The Morgan fingerprint density at radius 1 is 1.28 bits per heavy atom. The molecule has 2 aromatic rings. The van der Waals surface area contributed by atoms with E-state index in [9.17, 15) is 0 Å². The average molecular weight is 260 g/mol. The van der Waals surface area contributed by atoms with Gasteiger partial charge in [0.05, 0.1) is 5.69 Å². The molecule has 18 heavy (non-hydrogen) atoms. The van der Waals surface area contributed by atoms with Crippen molar-refractivity contribution < 1.29 is 0 Å². The number of aromatic nitrogens is 1. The van der Waals surface area contributed by atoms with Gasteiger partial charge >= 0.3 is 0 Å². The van der Waals surface area contributed by atoms with Gasteiger partial charge in [0.2, 0.25) is 0 Å². The molecule has 0 radical (unpaired) electrons. The summed E-state index contributed by atoms with van der Waals surface area (Å²) in [6, 6.07) is 8.64. The van der Waals surface area contributed by atoms with Crippen LogP contribution < -0.4 is 5.32 Å². The molecule has 2 rings (SSSR count). The van der Waals surface area contributed by atoms with Crippen LogP contribution in [0.4, 0.5) is 0 Å². The largest absolute Gasteiger partial charge is 0.304 e. The minimum absolute atomic E-state index is 0.339. The highest BCUT2D eigenvalue weighted by Crippen LogP contribution is 2.20. The second-order valence-corrected chi connectivity index (χ2v) is 5.73. The van der Waals surface area contributed by atoms with E-state index in [-0.39, 0.29) is 0 Å². The fourth-order valence-electron chi connectivity index (χ4n) is 2.00. The molecule has 0 aliphatic carbocycles. The molecule has 0 spiro atoms. The number of thiophene rings is 1. The van der Waals surface area contributed by atoms with Crippen LogP contribution in [0.5, 0.6) is 0 Å². The summed E-state index contributed by atoms with van der Waals surface area (Å²) >= 11 is 1.75. The first-order chi connectivity index (χ1) is 8.75. The number of nitrogens with one attached hydrogen (secondary N) is 1. The first-order valence-electron chi connectivity index (χ1n) is 6.41. The van der Waals surface area contributed by atoms with Crippen LogP contribution in [-0.2, 0) is 6.54 Å². The molecule has 0 saturated heterocycles. The summed E-state index contributed by atoms with van der Waals surface area (Å²) in [7, 11) is 0. The predicted octanol–water partition coefficient (Wildman–Crippen LogP) is 4.02. The van der Waals surface area contributed by atoms with Gasteiger partial charge in [0, 0.05) is 18.8 Å². The molecule has 2 nitrogen and oxygen atoms in total. The zero-order chi connectivity index (χ0) is 12.8. The maximum Gasteiger partial charge on any atom is 0.0573 e. The number of nitrogens with zero attached hydrogens (tertiary/aromatic N) is 1. The molecule has 3 heteroatoms. The van der Waals surface area contributed by atoms with E-state index < -0.39 is 0 Å². The maximum absolute atomic E-state index is 4.47. The number of rotatable bonds is 6. The molecule has 0 saturated carbocycles. The van der Waals surface area contributed by atoms with Crippen molar-refractivity contribution >= 4 is 11.3 Å². The Morgan fingerprint density at radius 2 is 2.17 bits per heavy atom. The molecule has 0 bridgehead atoms. The molecule has 0 aliphatic rings. The molecule has 1 atom stereocenters. The van der Waals surface area contributed by atoms with Crippen molar-refractivity contribution in [3.63, 3.8) is 0 Å². The zero-order valence-corrected chi connectivity index (χ0v) is 11.8. The van der Waals surface area contributed by atoms with Crippen LogP contribution in [0.3, 0.4) is 0 Å². The van der Waals surface area contributed by atoms with Gasteiger partial charge in [0.15, 0.2) is 0 Å². The van der Waals surface area contributed by atoms with E-state index in [1.54, 1.807) is 11.3 Å². The molecular weight excluding hydrogens is 240 g/mol. The van der Waals surface area contributed by atoms with Gasteiger partial charge in [-0.25, -0.2) is 0 Å². The first-order valence-corrected chi connectivity index (χ1v) is 7.35. The monoisotopic (exact) mass is 260 g/mol. The highest BCUT2D eigenvalue weighted by Gasteiger charge is 2.13. The number of hydrogen-bond donors (Lipinski definition) is 1. The lowest BCUT2D eigenvalue weighted by molar-refractivity contribution is 0.421. The van der Waals surface area contributed by atoms with E-state index in [4.69, 9.17) is 0 Å². The molecule has 96 valence electrons. The van der Waals surface area contributed by atoms with Crippen molar-refractivity contribution in [2.75, 3.05) is 0 Å². The summed E-state index contributed by atoms with van der Waals surface area (Å²) < 4.78 is 0. The van der Waals surface area contributed by atoms with Gasteiger partial charge < -0.3 is 5.32 Å². The molecule has 0 aromatic carbocycles. The minimum Gasteiger partial charge on any atom is -0.304 e. The number of pyridine rings is 1. The maximum atomic E-state index is 4.47. The third-order valence-electron chi connectivity index (χ3n) is 2.88. The van der Waals surface area contributed by atoms with Gasteiger partial charge in [-0.2, -0.15) is 11.3 Å². The molecular formula is C15H20N2S. The SMILES string of the molecule is CC(C)C[C@H](NCc1ccsc1)c1ccccn1. The Labute approximate surface area is 113 Å². The Bertz CT molecular complexity index is 437. The molecule has 0 fully saturated rings. The van der Waals surface area contributed by atoms with E-state index in [2.05, 4.69) is 53.1 Å². The molecule has 1 N–H and O–H groups in total. The smallest absolute Gasteiger partial charge is 0.0573 e. The third kappa shape index (κ3) is 3.93. The molecule has 0 unspecified atom stereocenters. The molecule has 0 amide bonds. The number of hydrogen-bond acceptors (Lipinski definition) is 3. The molecule has 2 aromatic heterocycles. The lowest BCUT2D eigenvalue weighted by Gasteiger charge is -2.20. The fourth-order valence-corrected chi connectivity index (χ4v) is 2.67. The Morgan fingerprint density at radius 3 is 2.78 bits per heavy atom. The van der Waals surface area contributed by atoms with Gasteiger partial charge in [-0.3, -0.25) is 4.98 Å². The predicted molar refractivity (Wildman–Crippen MR) is 77.6 cm³/mol. The van der Waals surface area contributed by atoms with Crippen LogP contribution in [0.2, 0.25) is 0 Å². The zero-order valence-electron chi connectivity index (χ0n) is 11.0. The second-order valence-electron chi connectivity index (χ2n) is 4.95. The Kier molecular flexibility index (Phi) is 4.90. The first kappa shape index (κ1) is 13.2. The van der Waals surface area contributed by atoms with Crippen LogP contribution in [-0.4, -0.2) is 4.98 Å². The van der Waals surface area contributed by atoms with Crippen molar-refractivity contribution in [2.45, 2.75) is 32.9 Å². The lowest BCUT2D eigenvalue weighted by Crippen LogP contribution is -2.23. The quantitative estimate of drug-likeness (QED) is 0.848.